The van der Waals surface area contributed by atoms with Crippen LogP contribution in [0.5, 0.6) is 0 Å². The molecule has 7 nitrogen and oxygen atoms in total. The van der Waals surface area contributed by atoms with E-state index in [0.717, 1.165) is 6.07 Å². The lowest BCUT2D eigenvalue weighted by atomic mass is 10.1. The number of anilines is 1. The van der Waals surface area contributed by atoms with E-state index in [0.29, 0.717) is 0 Å². The lowest BCUT2D eigenvalue weighted by molar-refractivity contribution is -0.384. The van der Waals surface area contributed by atoms with Crippen LogP contribution in [0.15, 0.2) is 34.9 Å². The number of hydrogen-bond donors (Lipinski definition) is 1. The molecule has 20 heavy (non-hydrogen) atoms. The van der Waals surface area contributed by atoms with E-state index in [4.69, 9.17) is 21.3 Å². The number of nitrogens with one attached hydrogen (secondary N) is 1. The molecule has 100 valence electrons. The van der Waals surface area contributed by atoms with Gasteiger partial charge in [0.1, 0.15) is 6.07 Å². The Morgan fingerprint density at radius 3 is 2.75 bits per heavy atom. The van der Waals surface area contributed by atoms with E-state index < -0.39 is 10.8 Å². The van der Waals surface area contributed by atoms with Gasteiger partial charge in [0, 0.05) is 12.1 Å². The molecule has 0 saturated carbocycles. The highest BCUT2D eigenvalue weighted by Gasteiger charge is 2.16. The Labute approximate surface area is 117 Å². The summed E-state index contributed by atoms with van der Waals surface area (Å²) in [4.78, 5) is 21.9. The van der Waals surface area contributed by atoms with Crippen LogP contribution >= 0.6 is 11.6 Å². The number of hydrogen-bond acceptors (Lipinski definition) is 5. The van der Waals surface area contributed by atoms with Gasteiger partial charge < -0.3 is 9.73 Å². The number of nitrogens with zero attached hydrogens (tertiary/aromatic N) is 2. The molecule has 8 heteroatoms. The summed E-state index contributed by atoms with van der Waals surface area (Å²) in [6, 6.07) is 6.69. The topological polar surface area (TPSA) is 109 Å². The van der Waals surface area contributed by atoms with Gasteiger partial charge in [0.15, 0.2) is 0 Å². The molecule has 0 fully saturated rings. The van der Waals surface area contributed by atoms with Crippen molar-refractivity contribution in [2.75, 3.05) is 5.32 Å². The Morgan fingerprint density at radius 2 is 2.20 bits per heavy atom. The SMILES string of the molecule is N#Cc1cc([N+](=O)[O-])ccc1NC(=O)c1ccoc1Cl. The molecular weight excluding hydrogens is 286 g/mol. The van der Waals surface area contributed by atoms with Gasteiger partial charge in [-0.05, 0) is 23.7 Å². The number of benzene rings is 1. The molecule has 1 N–H and O–H groups in total. The summed E-state index contributed by atoms with van der Waals surface area (Å²) in [5.41, 5.74) is 0.00216. The average Bonchev–Trinajstić information content (AvgIpc) is 2.85. The maximum absolute atomic E-state index is 11.9. The van der Waals surface area contributed by atoms with Crippen LogP contribution in [-0.2, 0) is 0 Å². The van der Waals surface area contributed by atoms with Gasteiger partial charge in [-0.1, -0.05) is 0 Å². The van der Waals surface area contributed by atoms with Gasteiger partial charge >= 0.3 is 0 Å². The van der Waals surface area contributed by atoms with E-state index >= 15 is 0 Å². The Hall–Kier alpha value is -2.85. The van der Waals surface area contributed by atoms with Crippen LogP contribution in [0.2, 0.25) is 5.22 Å². The minimum Gasteiger partial charge on any atom is -0.452 e. The first-order valence-corrected chi connectivity index (χ1v) is 5.63. The van der Waals surface area contributed by atoms with Crippen molar-refractivity contribution in [1.82, 2.24) is 0 Å². The summed E-state index contributed by atoms with van der Waals surface area (Å²) in [5.74, 6) is -0.575. The van der Waals surface area contributed by atoms with Crippen molar-refractivity contribution in [3.63, 3.8) is 0 Å². The summed E-state index contributed by atoms with van der Waals surface area (Å²) >= 11 is 5.66. The number of amides is 1. The number of nitro groups is 1. The molecule has 2 aromatic rings. The zero-order chi connectivity index (χ0) is 14.7. The number of carbonyl (C=O) groups excluding carboxylic acids is 1. The van der Waals surface area contributed by atoms with Gasteiger partial charge in [-0.2, -0.15) is 5.26 Å². The highest BCUT2D eigenvalue weighted by atomic mass is 35.5. The van der Waals surface area contributed by atoms with Gasteiger partial charge in [-0.25, -0.2) is 0 Å². The zero-order valence-electron chi connectivity index (χ0n) is 9.79. The van der Waals surface area contributed by atoms with Crippen LogP contribution in [0.25, 0.3) is 0 Å². The Balaban J connectivity index is 2.31. The van der Waals surface area contributed by atoms with E-state index in [-0.39, 0.29) is 27.7 Å². The average molecular weight is 292 g/mol. The smallest absolute Gasteiger partial charge is 0.270 e. The second-order valence-corrected chi connectivity index (χ2v) is 4.00. The molecule has 0 bridgehead atoms. The fourth-order valence-electron chi connectivity index (χ4n) is 1.49. The summed E-state index contributed by atoms with van der Waals surface area (Å²) in [7, 11) is 0. The Kier molecular flexibility index (Phi) is 3.68. The van der Waals surface area contributed by atoms with Gasteiger partial charge in [-0.3, -0.25) is 14.9 Å². The zero-order valence-corrected chi connectivity index (χ0v) is 10.5. The van der Waals surface area contributed by atoms with Crippen molar-refractivity contribution in [1.29, 1.82) is 5.26 Å². The molecule has 0 radical (unpaired) electrons. The van der Waals surface area contributed by atoms with Gasteiger partial charge in [0.2, 0.25) is 5.22 Å². The third kappa shape index (κ3) is 2.60. The Bertz CT molecular complexity index is 733. The lowest BCUT2D eigenvalue weighted by Gasteiger charge is -2.05. The number of furan rings is 1. The number of nitriles is 1. The van der Waals surface area contributed by atoms with Crippen molar-refractivity contribution in [3.05, 3.63) is 57.0 Å². The lowest BCUT2D eigenvalue weighted by Crippen LogP contribution is -2.12. The molecule has 0 saturated heterocycles. The van der Waals surface area contributed by atoms with Crippen molar-refractivity contribution in [3.8, 4) is 6.07 Å². The largest absolute Gasteiger partial charge is 0.452 e. The van der Waals surface area contributed by atoms with Gasteiger partial charge in [0.05, 0.1) is 28.0 Å². The fraction of sp³-hybridized carbons (Fsp3) is 0. The van der Waals surface area contributed by atoms with Gasteiger partial charge in [0.25, 0.3) is 11.6 Å². The fourth-order valence-corrected chi connectivity index (χ4v) is 1.69. The summed E-state index contributed by atoms with van der Waals surface area (Å²) in [6.07, 6.45) is 1.25. The first-order valence-electron chi connectivity index (χ1n) is 5.26. The standard InChI is InChI=1S/C12H6ClN3O4/c13-11-9(3-4-20-11)12(17)15-10-2-1-8(16(18)19)5-7(10)6-14/h1-5H,(H,15,17). The molecule has 2 rings (SSSR count). The van der Waals surface area contributed by atoms with Crippen LogP contribution in [0, 0.1) is 21.4 Å². The molecule has 0 spiro atoms. The van der Waals surface area contributed by atoms with E-state index in [2.05, 4.69) is 5.32 Å². The number of carbonyl (C=O) groups is 1. The predicted molar refractivity (Wildman–Crippen MR) is 69.5 cm³/mol. The third-order valence-corrected chi connectivity index (χ3v) is 2.74. The highest BCUT2D eigenvalue weighted by Crippen LogP contribution is 2.23. The number of rotatable bonds is 3. The van der Waals surface area contributed by atoms with Crippen molar-refractivity contribution >= 4 is 28.9 Å². The molecule has 0 aliphatic carbocycles. The molecule has 0 unspecified atom stereocenters. The van der Waals surface area contributed by atoms with Crippen LogP contribution in [-0.4, -0.2) is 10.8 Å². The van der Waals surface area contributed by atoms with E-state index in [1.165, 1.54) is 24.5 Å². The minimum absolute atomic E-state index is 0.0211. The number of non-ortho nitro benzene ring substituents is 1. The summed E-state index contributed by atoms with van der Waals surface area (Å²) in [6.45, 7) is 0. The Morgan fingerprint density at radius 1 is 1.45 bits per heavy atom. The molecule has 0 atom stereocenters. The number of nitro benzene ring substituents is 1. The second kappa shape index (κ2) is 5.42. The van der Waals surface area contributed by atoms with Gasteiger partial charge in [-0.15, -0.1) is 0 Å². The third-order valence-electron chi connectivity index (χ3n) is 2.45. The highest BCUT2D eigenvalue weighted by molar-refractivity contribution is 6.32. The molecule has 1 heterocycles. The maximum Gasteiger partial charge on any atom is 0.270 e. The van der Waals surface area contributed by atoms with Crippen LogP contribution in [0.1, 0.15) is 15.9 Å². The van der Waals surface area contributed by atoms with Crippen LogP contribution in [0.3, 0.4) is 0 Å². The molecule has 0 aliphatic rings. The van der Waals surface area contributed by atoms with E-state index in [1.807, 2.05) is 0 Å². The minimum atomic E-state index is -0.626. The van der Waals surface area contributed by atoms with Crippen LogP contribution < -0.4 is 5.32 Å². The first kappa shape index (κ1) is 13.6. The maximum atomic E-state index is 11.9. The second-order valence-electron chi connectivity index (χ2n) is 3.66. The molecule has 1 amide bonds. The van der Waals surface area contributed by atoms with Crippen LogP contribution in [0.4, 0.5) is 11.4 Å². The normalized spacial score (nSPS) is 9.80. The van der Waals surface area contributed by atoms with Crippen molar-refractivity contribution in [2.45, 2.75) is 0 Å². The first-order chi connectivity index (χ1) is 9.52. The molecule has 1 aromatic carbocycles. The summed E-state index contributed by atoms with van der Waals surface area (Å²) < 4.78 is 4.78. The summed E-state index contributed by atoms with van der Waals surface area (Å²) in [5, 5.41) is 21.9. The predicted octanol–water partition coefficient (Wildman–Crippen LogP) is 2.97. The van der Waals surface area contributed by atoms with Crippen molar-refractivity contribution < 1.29 is 14.1 Å². The van der Waals surface area contributed by atoms with E-state index in [1.54, 1.807) is 6.07 Å². The van der Waals surface area contributed by atoms with Crippen molar-refractivity contribution in [2.24, 2.45) is 0 Å². The molecular formula is C12H6ClN3O4. The van der Waals surface area contributed by atoms with E-state index in [9.17, 15) is 14.9 Å². The molecule has 1 aromatic heterocycles. The number of halogens is 1. The monoisotopic (exact) mass is 291 g/mol. The quantitative estimate of drug-likeness (QED) is 0.690. The molecule has 0 aliphatic heterocycles.